The molecule has 0 saturated carbocycles. The van der Waals surface area contributed by atoms with E-state index in [1.54, 1.807) is 12.1 Å². The molecule has 0 aliphatic heterocycles. The fraction of sp³-hybridized carbons (Fsp3) is 0.333. The second-order valence-corrected chi connectivity index (χ2v) is 4.00. The molecule has 0 fully saturated rings. The standard InChI is InChI=1S/C9H10BrClO2/c10-7-4-6(2-1-3-12)5-8(11)9(7)13/h4-5,12-13H,1-3H2. The minimum absolute atomic E-state index is 0.0643. The van der Waals surface area contributed by atoms with Gasteiger partial charge in [-0.3, -0.25) is 0 Å². The van der Waals surface area contributed by atoms with Crippen molar-refractivity contribution in [1.29, 1.82) is 0 Å². The summed E-state index contributed by atoms with van der Waals surface area (Å²) in [5.41, 5.74) is 1.00. The van der Waals surface area contributed by atoms with Crippen molar-refractivity contribution in [3.63, 3.8) is 0 Å². The molecule has 0 saturated heterocycles. The van der Waals surface area contributed by atoms with Gasteiger partial charge in [0.15, 0.2) is 0 Å². The van der Waals surface area contributed by atoms with Crippen LogP contribution in [0.15, 0.2) is 16.6 Å². The second-order valence-electron chi connectivity index (χ2n) is 2.74. The summed E-state index contributed by atoms with van der Waals surface area (Å²) in [4.78, 5) is 0. The number of benzene rings is 1. The molecule has 0 aliphatic carbocycles. The van der Waals surface area contributed by atoms with Crippen LogP contribution < -0.4 is 0 Å². The molecule has 13 heavy (non-hydrogen) atoms. The lowest BCUT2D eigenvalue weighted by Crippen LogP contribution is -1.89. The van der Waals surface area contributed by atoms with Crippen molar-refractivity contribution in [3.8, 4) is 5.75 Å². The topological polar surface area (TPSA) is 40.5 Å². The molecule has 1 aromatic rings. The van der Waals surface area contributed by atoms with E-state index in [9.17, 15) is 5.11 Å². The van der Waals surface area contributed by atoms with Gasteiger partial charge < -0.3 is 10.2 Å². The van der Waals surface area contributed by atoms with E-state index in [2.05, 4.69) is 15.9 Å². The summed E-state index contributed by atoms with van der Waals surface area (Å²) < 4.78 is 0.591. The molecule has 0 aliphatic rings. The van der Waals surface area contributed by atoms with E-state index in [1.165, 1.54) is 0 Å². The highest BCUT2D eigenvalue weighted by molar-refractivity contribution is 9.10. The van der Waals surface area contributed by atoms with Gasteiger partial charge in [0.25, 0.3) is 0 Å². The summed E-state index contributed by atoms with van der Waals surface area (Å²) in [5, 5.41) is 18.3. The van der Waals surface area contributed by atoms with Crippen molar-refractivity contribution in [2.24, 2.45) is 0 Å². The maximum atomic E-state index is 9.33. The molecule has 4 heteroatoms. The first kappa shape index (κ1) is 10.8. The minimum atomic E-state index is 0.0643. The molecule has 0 radical (unpaired) electrons. The molecule has 0 aromatic heterocycles. The van der Waals surface area contributed by atoms with E-state index in [4.69, 9.17) is 16.7 Å². The van der Waals surface area contributed by atoms with Crippen molar-refractivity contribution in [1.82, 2.24) is 0 Å². The van der Waals surface area contributed by atoms with Crippen LogP contribution in [0.25, 0.3) is 0 Å². The number of aliphatic hydroxyl groups is 1. The first-order chi connectivity index (χ1) is 6.15. The Labute approximate surface area is 90.3 Å². The number of halogens is 2. The van der Waals surface area contributed by atoms with Gasteiger partial charge >= 0.3 is 0 Å². The predicted octanol–water partition coefficient (Wildman–Crippen LogP) is 2.73. The molecule has 0 amide bonds. The van der Waals surface area contributed by atoms with Crippen LogP contribution in [0.3, 0.4) is 0 Å². The predicted molar refractivity (Wildman–Crippen MR) is 56.2 cm³/mol. The summed E-state index contributed by atoms with van der Waals surface area (Å²) in [5.74, 6) is 0.0643. The Bertz CT molecular complexity index is 279. The number of hydrogen-bond donors (Lipinski definition) is 2. The number of phenolic OH excluding ortho intramolecular Hbond substituents is 1. The number of phenols is 1. The number of aromatic hydroxyl groups is 1. The largest absolute Gasteiger partial charge is 0.505 e. The van der Waals surface area contributed by atoms with Gasteiger partial charge in [0, 0.05) is 6.61 Å². The Kier molecular flexibility index (Phi) is 4.03. The highest BCUT2D eigenvalue weighted by Crippen LogP contribution is 2.33. The van der Waals surface area contributed by atoms with Crippen molar-refractivity contribution < 1.29 is 10.2 Å². The lowest BCUT2D eigenvalue weighted by molar-refractivity contribution is 0.288. The second kappa shape index (κ2) is 4.84. The smallest absolute Gasteiger partial charge is 0.148 e. The highest BCUT2D eigenvalue weighted by atomic mass is 79.9. The third-order valence-corrected chi connectivity index (χ3v) is 2.59. The van der Waals surface area contributed by atoms with Crippen LogP contribution in [0.1, 0.15) is 12.0 Å². The van der Waals surface area contributed by atoms with Gasteiger partial charge in [-0.15, -0.1) is 0 Å². The average Bonchev–Trinajstić information content (AvgIpc) is 2.10. The summed E-state index contributed by atoms with van der Waals surface area (Å²) in [6, 6.07) is 3.51. The fourth-order valence-corrected chi connectivity index (χ4v) is 1.91. The van der Waals surface area contributed by atoms with Crippen LogP contribution in [0.5, 0.6) is 5.75 Å². The lowest BCUT2D eigenvalue weighted by Gasteiger charge is -2.04. The Hall–Kier alpha value is -0.250. The molecule has 2 nitrogen and oxygen atoms in total. The van der Waals surface area contributed by atoms with E-state index < -0.39 is 0 Å². The van der Waals surface area contributed by atoms with Crippen LogP contribution in [0, 0.1) is 0 Å². The van der Waals surface area contributed by atoms with Crippen molar-refractivity contribution in [2.75, 3.05) is 6.61 Å². The zero-order chi connectivity index (χ0) is 9.84. The average molecular weight is 266 g/mol. The van der Waals surface area contributed by atoms with E-state index in [0.29, 0.717) is 15.9 Å². The molecule has 1 aromatic carbocycles. The van der Waals surface area contributed by atoms with Gasteiger partial charge in [0.1, 0.15) is 5.75 Å². The molecule has 1 rings (SSSR count). The normalized spacial score (nSPS) is 10.4. The molecule has 0 bridgehead atoms. The maximum absolute atomic E-state index is 9.33. The Morgan fingerprint density at radius 3 is 2.62 bits per heavy atom. The molecule has 2 N–H and O–H groups in total. The van der Waals surface area contributed by atoms with Gasteiger partial charge in [0.2, 0.25) is 0 Å². The zero-order valence-corrected chi connectivity index (χ0v) is 9.27. The van der Waals surface area contributed by atoms with E-state index in [1.807, 2.05) is 0 Å². The summed E-state index contributed by atoms with van der Waals surface area (Å²) in [7, 11) is 0. The van der Waals surface area contributed by atoms with Crippen molar-refractivity contribution in [2.45, 2.75) is 12.8 Å². The lowest BCUT2D eigenvalue weighted by atomic mass is 10.1. The van der Waals surface area contributed by atoms with Crippen LogP contribution in [0.4, 0.5) is 0 Å². The van der Waals surface area contributed by atoms with Gasteiger partial charge in [-0.25, -0.2) is 0 Å². The fourth-order valence-electron chi connectivity index (χ4n) is 1.05. The van der Waals surface area contributed by atoms with E-state index in [0.717, 1.165) is 12.0 Å². The van der Waals surface area contributed by atoms with Gasteiger partial charge in [-0.05, 0) is 46.5 Å². The van der Waals surface area contributed by atoms with E-state index in [-0.39, 0.29) is 12.4 Å². The van der Waals surface area contributed by atoms with Crippen LogP contribution in [-0.4, -0.2) is 16.8 Å². The summed E-state index contributed by atoms with van der Waals surface area (Å²) >= 11 is 8.95. The third kappa shape index (κ3) is 2.86. The molecule has 72 valence electrons. The van der Waals surface area contributed by atoms with Gasteiger partial charge in [-0.1, -0.05) is 11.6 Å². The number of aryl methyl sites for hydroxylation is 1. The number of rotatable bonds is 3. The third-order valence-electron chi connectivity index (χ3n) is 1.70. The number of aliphatic hydroxyl groups excluding tert-OH is 1. The maximum Gasteiger partial charge on any atom is 0.148 e. The van der Waals surface area contributed by atoms with Crippen molar-refractivity contribution >= 4 is 27.5 Å². The quantitative estimate of drug-likeness (QED) is 0.882. The minimum Gasteiger partial charge on any atom is -0.505 e. The molecule has 0 spiro atoms. The molecule has 0 unspecified atom stereocenters. The van der Waals surface area contributed by atoms with Gasteiger partial charge in [0.05, 0.1) is 9.50 Å². The number of hydrogen-bond acceptors (Lipinski definition) is 2. The van der Waals surface area contributed by atoms with Gasteiger partial charge in [-0.2, -0.15) is 0 Å². The van der Waals surface area contributed by atoms with Crippen LogP contribution in [-0.2, 0) is 6.42 Å². The Morgan fingerprint density at radius 2 is 2.08 bits per heavy atom. The molecular weight excluding hydrogens is 255 g/mol. The summed E-state index contributed by atoms with van der Waals surface area (Å²) in [6.07, 6.45) is 1.46. The zero-order valence-electron chi connectivity index (χ0n) is 6.93. The summed E-state index contributed by atoms with van der Waals surface area (Å²) in [6.45, 7) is 0.163. The highest BCUT2D eigenvalue weighted by Gasteiger charge is 2.05. The first-order valence-corrected chi connectivity index (χ1v) is 5.10. The van der Waals surface area contributed by atoms with Crippen LogP contribution in [0.2, 0.25) is 5.02 Å². The van der Waals surface area contributed by atoms with Crippen molar-refractivity contribution in [3.05, 3.63) is 27.2 Å². The Morgan fingerprint density at radius 1 is 1.38 bits per heavy atom. The molecule has 0 atom stereocenters. The first-order valence-electron chi connectivity index (χ1n) is 3.93. The Balaban J connectivity index is 2.86. The molecular formula is C9H10BrClO2. The monoisotopic (exact) mass is 264 g/mol. The SMILES string of the molecule is OCCCc1cc(Cl)c(O)c(Br)c1. The van der Waals surface area contributed by atoms with E-state index >= 15 is 0 Å². The van der Waals surface area contributed by atoms with Crippen LogP contribution >= 0.6 is 27.5 Å². The molecule has 0 heterocycles.